The molecule has 4 nitrogen and oxygen atoms in total. The van der Waals surface area contributed by atoms with E-state index in [0.717, 1.165) is 17.7 Å². The SMILES string of the molecule is NC(=O)CSc1ccccc1C(=O)NCCCc1ccccc1. The lowest BCUT2D eigenvalue weighted by atomic mass is 10.1. The number of nitrogens with two attached hydrogens (primary N) is 1. The number of carbonyl (C=O) groups is 2. The molecule has 2 aromatic carbocycles. The van der Waals surface area contributed by atoms with Gasteiger partial charge in [-0.15, -0.1) is 11.8 Å². The lowest BCUT2D eigenvalue weighted by Crippen LogP contribution is -2.25. The summed E-state index contributed by atoms with van der Waals surface area (Å²) in [6.07, 6.45) is 1.81. The zero-order valence-corrected chi connectivity index (χ0v) is 13.6. The van der Waals surface area contributed by atoms with Crippen LogP contribution in [-0.4, -0.2) is 24.1 Å². The summed E-state index contributed by atoms with van der Waals surface area (Å²) in [5.41, 5.74) is 7.00. The molecule has 0 aromatic heterocycles. The Balaban J connectivity index is 1.84. The van der Waals surface area contributed by atoms with Crippen molar-refractivity contribution < 1.29 is 9.59 Å². The molecule has 2 aromatic rings. The van der Waals surface area contributed by atoms with Gasteiger partial charge in [-0.1, -0.05) is 42.5 Å². The van der Waals surface area contributed by atoms with Crippen molar-refractivity contribution in [3.8, 4) is 0 Å². The van der Waals surface area contributed by atoms with E-state index >= 15 is 0 Å². The summed E-state index contributed by atoms with van der Waals surface area (Å²) < 4.78 is 0. The topological polar surface area (TPSA) is 72.2 Å². The zero-order valence-electron chi connectivity index (χ0n) is 12.8. The number of thioether (sulfide) groups is 1. The minimum Gasteiger partial charge on any atom is -0.369 e. The number of nitrogens with one attached hydrogen (secondary N) is 1. The van der Waals surface area contributed by atoms with Gasteiger partial charge in [0.2, 0.25) is 5.91 Å². The number of aryl methyl sites for hydroxylation is 1. The molecule has 0 atom stereocenters. The third-order valence-corrected chi connectivity index (χ3v) is 4.37. The summed E-state index contributed by atoms with van der Waals surface area (Å²) in [5.74, 6) is -0.350. The molecule has 23 heavy (non-hydrogen) atoms. The number of benzene rings is 2. The lowest BCUT2D eigenvalue weighted by molar-refractivity contribution is -0.115. The molecule has 0 radical (unpaired) electrons. The number of primary amides is 1. The highest BCUT2D eigenvalue weighted by Crippen LogP contribution is 2.22. The first-order chi connectivity index (χ1) is 11.2. The van der Waals surface area contributed by atoms with Crippen molar-refractivity contribution in [2.24, 2.45) is 5.73 Å². The lowest BCUT2D eigenvalue weighted by Gasteiger charge is -2.09. The van der Waals surface area contributed by atoms with Crippen LogP contribution in [0.2, 0.25) is 0 Å². The minimum atomic E-state index is -0.395. The van der Waals surface area contributed by atoms with Crippen LogP contribution in [0.25, 0.3) is 0 Å². The Labute approximate surface area is 140 Å². The molecule has 2 rings (SSSR count). The largest absolute Gasteiger partial charge is 0.369 e. The zero-order chi connectivity index (χ0) is 16.5. The fourth-order valence-electron chi connectivity index (χ4n) is 2.16. The first kappa shape index (κ1) is 17.1. The van der Waals surface area contributed by atoms with Crippen molar-refractivity contribution in [1.82, 2.24) is 5.32 Å². The maximum Gasteiger partial charge on any atom is 0.252 e. The van der Waals surface area contributed by atoms with Crippen molar-refractivity contribution in [3.63, 3.8) is 0 Å². The highest BCUT2D eigenvalue weighted by Gasteiger charge is 2.11. The van der Waals surface area contributed by atoms with Gasteiger partial charge in [0.05, 0.1) is 11.3 Å². The number of carbonyl (C=O) groups excluding carboxylic acids is 2. The summed E-state index contributed by atoms with van der Waals surface area (Å²) in [6, 6.07) is 17.4. The Hall–Kier alpha value is -2.27. The molecule has 0 fully saturated rings. The Morgan fingerprint density at radius 2 is 1.70 bits per heavy atom. The fraction of sp³-hybridized carbons (Fsp3) is 0.222. The van der Waals surface area contributed by atoms with E-state index in [4.69, 9.17) is 5.73 Å². The molecule has 3 N–H and O–H groups in total. The second kappa shape index (κ2) is 9.00. The molecular weight excluding hydrogens is 308 g/mol. The van der Waals surface area contributed by atoms with Gasteiger partial charge < -0.3 is 11.1 Å². The van der Waals surface area contributed by atoms with Gasteiger partial charge in [-0.25, -0.2) is 0 Å². The van der Waals surface area contributed by atoms with E-state index in [-0.39, 0.29) is 11.7 Å². The molecule has 5 heteroatoms. The number of hydrogen-bond acceptors (Lipinski definition) is 3. The van der Waals surface area contributed by atoms with Crippen molar-refractivity contribution >= 4 is 23.6 Å². The van der Waals surface area contributed by atoms with Gasteiger partial charge in [0.15, 0.2) is 0 Å². The number of rotatable bonds is 8. The summed E-state index contributed by atoms with van der Waals surface area (Å²) in [4.78, 5) is 24.0. The van der Waals surface area contributed by atoms with Gasteiger partial charge in [0.1, 0.15) is 0 Å². The molecular formula is C18H20N2O2S. The molecule has 0 spiro atoms. The fourth-order valence-corrected chi connectivity index (χ4v) is 2.95. The van der Waals surface area contributed by atoms with Crippen LogP contribution >= 0.6 is 11.8 Å². The average Bonchev–Trinajstić information content (AvgIpc) is 2.58. The van der Waals surface area contributed by atoms with Crippen molar-refractivity contribution in [2.45, 2.75) is 17.7 Å². The summed E-state index contributed by atoms with van der Waals surface area (Å²) in [7, 11) is 0. The molecule has 0 saturated carbocycles. The molecule has 120 valence electrons. The first-order valence-electron chi connectivity index (χ1n) is 7.49. The Bertz CT molecular complexity index is 659. The molecule has 0 aliphatic rings. The van der Waals surface area contributed by atoms with Gasteiger partial charge in [-0.3, -0.25) is 9.59 Å². The summed E-state index contributed by atoms with van der Waals surface area (Å²) in [5, 5.41) is 2.93. The highest BCUT2D eigenvalue weighted by atomic mass is 32.2. The van der Waals surface area contributed by atoms with E-state index < -0.39 is 5.91 Å². The van der Waals surface area contributed by atoms with Crippen molar-refractivity contribution in [3.05, 3.63) is 65.7 Å². The Kier molecular flexibility index (Phi) is 6.69. The standard InChI is InChI=1S/C18H20N2O2S/c19-17(21)13-23-16-11-5-4-10-15(16)18(22)20-12-6-9-14-7-2-1-3-8-14/h1-5,7-8,10-11H,6,9,12-13H2,(H2,19,21)(H,20,22). The Morgan fingerprint density at radius 1 is 1.00 bits per heavy atom. The van der Waals surface area contributed by atoms with Crippen LogP contribution in [0.1, 0.15) is 22.3 Å². The maximum atomic E-state index is 12.3. The third kappa shape index (κ3) is 5.79. The monoisotopic (exact) mass is 328 g/mol. The van der Waals surface area contributed by atoms with E-state index in [0.29, 0.717) is 12.1 Å². The molecule has 0 saturated heterocycles. The van der Waals surface area contributed by atoms with Crippen LogP contribution in [0, 0.1) is 0 Å². The molecule has 0 aliphatic carbocycles. The van der Waals surface area contributed by atoms with E-state index in [1.54, 1.807) is 6.07 Å². The normalized spacial score (nSPS) is 10.3. The van der Waals surface area contributed by atoms with Crippen LogP contribution < -0.4 is 11.1 Å². The van der Waals surface area contributed by atoms with Gasteiger partial charge >= 0.3 is 0 Å². The van der Waals surface area contributed by atoms with E-state index in [9.17, 15) is 9.59 Å². The van der Waals surface area contributed by atoms with E-state index in [1.165, 1.54) is 17.3 Å². The number of hydrogen-bond donors (Lipinski definition) is 2. The average molecular weight is 328 g/mol. The van der Waals surface area contributed by atoms with Gasteiger partial charge in [-0.05, 0) is 30.5 Å². The molecule has 0 aliphatic heterocycles. The highest BCUT2D eigenvalue weighted by molar-refractivity contribution is 8.00. The predicted molar refractivity (Wildman–Crippen MR) is 93.5 cm³/mol. The Morgan fingerprint density at radius 3 is 2.43 bits per heavy atom. The second-order valence-electron chi connectivity index (χ2n) is 5.10. The van der Waals surface area contributed by atoms with E-state index in [1.807, 2.05) is 36.4 Å². The van der Waals surface area contributed by atoms with Crippen molar-refractivity contribution in [1.29, 1.82) is 0 Å². The summed E-state index contributed by atoms with van der Waals surface area (Å²) >= 11 is 1.28. The smallest absolute Gasteiger partial charge is 0.252 e. The first-order valence-corrected chi connectivity index (χ1v) is 8.47. The van der Waals surface area contributed by atoms with Crippen LogP contribution in [-0.2, 0) is 11.2 Å². The molecule has 0 unspecified atom stereocenters. The third-order valence-electron chi connectivity index (χ3n) is 3.27. The van der Waals surface area contributed by atoms with Gasteiger partial charge in [0.25, 0.3) is 5.91 Å². The molecule has 0 bridgehead atoms. The van der Waals surface area contributed by atoms with Crippen LogP contribution in [0.3, 0.4) is 0 Å². The minimum absolute atomic E-state index is 0.120. The summed E-state index contributed by atoms with van der Waals surface area (Å²) in [6.45, 7) is 0.614. The van der Waals surface area contributed by atoms with Crippen LogP contribution in [0.4, 0.5) is 0 Å². The van der Waals surface area contributed by atoms with Gasteiger partial charge in [0, 0.05) is 11.4 Å². The maximum absolute atomic E-state index is 12.3. The quantitative estimate of drug-likeness (QED) is 0.578. The second-order valence-corrected chi connectivity index (χ2v) is 6.11. The van der Waals surface area contributed by atoms with Crippen molar-refractivity contribution in [2.75, 3.05) is 12.3 Å². The number of amides is 2. The van der Waals surface area contributed by atoms with E-state index in [2.05, 4.69) is 17.4 Å². The molecule has 0 heterocycles. The predicted octanol–water partition coefficient (Wildman–Crippen LogP) is 2.63. The molecule has 2 amide bonds. The van der Waals surface area contributed by atoms with Crippen LogP contribution in [0.15, 0.2) is 59.5 Å². The van der Waals surface area contributed by atoms with Gasteiger partial charge in [-0.2, -0.15) is 0 Å². The van der Waals surface area contributed by atoms with Crippen LogP contribution in [0.5, 0.6) is 0 Å².